The second kappa shape index (κ2) is 14.1. The molecule has 1 aromatic rings. The Morgan fingerprint density at radius 3 is 2.56 bits per heavy atom. The van der Waals surface area contributed by atoms with Crippen LogP contribution in [0.4, 0.5) is 10.5 Å². The Hall–Kier alpha value is -3.12. The van der Waals surface area contributed by atoms with Gasteiger partial charge in [-0.3, -0.25) is 19.1 Å². The molecular weight excluding hydrogens is 596 g/mol. The molecule has 13 heteroatoms. The molecule has 2 aliphatic heterocycles. The van der Waals surface area contributed by atoms with Gasteiger partial charge in [-0.05, 0) is 74.6 Å². The summed E-state index contributed by atoms with van der Waals surface area (Å²) in [5, 5.41) is 3.14. The Bertz CT molecular complexity index is 1330. The molecule has 43 heavy (non-hydrogen) atoms. The zero-order chi connectivity index (χ0) is 31.2. The van der Waals surface area contributed by atoms with Crippen molar-refractivity contribution in [3.8, 4) is 0 Å². The maximum Gasteiger partial charge on any atom is 0.407 e. The van der Waals surface area contributed by atoms with Gasteiger partial charge in [0.2, 0.25) is 11.8 Å². The van der Waals surface area contributed by atoms with E-state index < -0.39 is 39.7 Å². The molecule has 2 fully saturated rings. The topological polar surface area (TPSA) is 151 Å². The highest BCUT2D eigenvalue weighted by atomic mass is 35.5. The van der Waals surface area contributed by atoms with Crippen molar-refractivity contribution in [1.29, 1.82) is 0 Å². The molecule has 11 nitrogen and oxygen atoms in total. The molecule has 0 radical (unpaired) electrons. The summed E-state index contributed by atoms with van der Waals surface area (Å²) >= 11 is 5.88. The van der Waals surface area contributed by atoms with Gasteiger partial charge in [0.15, 0.2) is 5.78 Å². The average Bonchev–Trinajstić information content (AvgIpc) is 3.40. The highest BCUT2D eigenvalue weighted by Gasteiger charge is 2.61. The number of nitrogens with one attached hydrogen (secondary N) is 3. The minimum atomic E-state index is -4.29. The van der Waals surface area contributed by atoms with Crippen LogP contribution in [0, 0.1) is 17.3 Å². The predicted octanol–water partition coefficient (Wildman–Crippen LogP) is 4.34. The van der Waals surface area contributed by atoms with Gasteiger partial charge in [0.25, 0.3) is 0 Å². The number of amides is 3. The number of rotatable bonds is 7. The summed E-state index contributed by atoms with van der Waals surface area (Å²) in [6, 6.07) is 4.39. The Labute approximate surface area is 258 Å². The number of allylic oxidation sites excluding steroid dienone is 2. The number of ether oxygens (including phenoxy) is 1. The van der Waals surface area contributed by atoms with Crippen molar-refractivity contribution in [3.63, 3.8) is 0 Å². The van der Waals surface area contributed by atoms with Crippen molar-refractivity contribution in [2.24, 2.45) is 17.3 Å². The van der Waals surface area contributed by atoms with Gasteiger partial charge in [-0.25, -0.2) is 9.52 Å². The Balaban J connectivity index is 1.51. The van der Waals surface area contributed by atoms with E-state index in [1.807, 2.05) is 26.0 Å². The summed E-state index contributed by atoms with van der Waals surface area (Å²) in [5.74, 6) is -1.56. The van der Waals surface area contributed by atoms with Crippen LogP contribution in [-0.4, -0.2) is 62.2 Å². The molecule has 0 unspecified atom stereocenters. The molecule has 3 aliphatic rings. The minimum absolute atomic E-state index is 0.141. The third-order valence-corrected chi connectivity index (χ3v) is 9.39. The first kappa shape index (κ1) is 32.8. The number of Topliss-reactive ketones (excluding diaryl/α,β-unsaturated/α-hetero) is 1. The van der Waals surface area contributed by atoms with Gasteiger partial charge in [-0.1, -0.05) is 50.4 Å². The summed E-state index contributed by atoms with van der Waals surface area (Å²) in [4.78, 5) is 54.9. The first-order valence-electron chi connectivity index (χ1n) is 14.9. The SMILES string of the molecule is CC(C)COC(=O)N[C@H]1CCCCC/C=C\[C@@H]2C[C@@]2(C(=O)NS(=O)(=O)Nc2ccc(Cl)cc2)CC(=O)[C@@H]2CCCN2C1=O. The fourth-order valence-electron chi connectivity index (χ4n) is 5.78. The van der Waals surface area contributed by atoms with Gasteiger partial charge in [-0.2, -0.15) is 8.42 Å². The molecule has 1 aromatic carbocycles. The molecule has 2 heterocycles. The number of fused-ring (bicyclic) bond motifs is 2. The molecule has 1 aliphatic carbocycles. The number of halogens is 1. The lowest BCUT2D eigenvalue weighted by molar-refractivity contribution is -0.140. The van der Waals surface area contributed by atoms with Gasteiger partial charge in [0, 0.05) is 18.0 Å². The fourth-order valence-corrected chi connectivity index (χ4v) is 6.85. The van der Waals surface area contributed by atoms with Crippen molar-refractivity contribution in [2.75, 3.05) is 17.9 Å². The van der Waals surface area contributed by atoms with E-state index in [9.17, 15) is 27.6 Å². The number of hydrogen-bond acceptors (Lipinski definition) is 7. The number of carbonyl (C=O) groups is 4. The van der Waals surface area contributed by atoms with Crippen molar-refractivity contribution >= 4 is 51.2 Å². The Morgan fingerprint density at radius 2 is 1.84 bits per heavy atom. The number of nitrogens with zero attached hydrogens (tertiary/aromatic N) is 1. The Morgan fingerprint density at radius 1 is 1.09 bits per heavy atom. The van der Waals surface area contributed by atoms with Crippen molar-refractivity contribution < 1.29 is 32.3 Å². The second-order valence-corrected chi connectivity index (χ2v) is 14.0. The third kappa shape index (κ3) is 8.72. The zero-order valence-corrected chi connectivity index (χ0v) is 26.2. The second-order valence-electron chi connectivity index (χ2n) is 12.1. The molecule has 3 N–H and O–H groups in total. The maximum atomic E-state index is 13.7. The van der Waals surface area contributed by atoms with E-state index in [0.29, 0.717) is 43.7 Å². The van der Waals surface area contributed by atoms with Crippen molar-refractivity contribution in [2.45, 2.75) is 83.7 Å². The maximum absolute atomic E-state index is 13.7. The average molecular weight is 637 g/mol. The summed E-state index contributed by atoms with van der Waals surface area (Å²) in [6.07, 6.45) is 7.88. The molecule has 236 valence electrons. The highest BCUT2D eigenvalue weighted by Crippen LogP contribution is 2.57. The van der Waals surface area contributed by atoms with E-state index in [-0.39, 0.29) is 42.2 Å². The molecule has 0 bridgehead atoms. The van der Waals surface area contributed by atoms with E-state index in [1.54, 1.807) is 0 Å². The summed E-state index contributed by atoms with van der Waals surface area (Å²) in [5.41, 5.74) is -1.01. The van der Waals surface area contributed by atoms with Crippen LogP contribution in [0.3, 0.4) is 0 Å². The smallest absolute Gasteiger partial charge is 0.407 e. The molecule has 0 spiro atoms. The first-order chi connectivity index (χ1) is 20.4. The summed E-state index contributed by atoms with van der Waals surface area (Å²) in [6.45, 7) is 4.41. The predicted molar refractivity (Wildman–Crippen MR) is 162 cm³/mol. The summed E-state index contributed by atoms with van der Waals surface area (Å²) < 4.78 is 35.4. The van der Waals surface area contributed by atoms with Crippen molar-refractivity contribution in [1.82, 2.24) is 14.9 Å². The third-order valence-electron chi connectivity index (χ3n) is 8.18. The molecule has 4 atom stereocenters. The lowest BCUT2D eigenvalue weighted by Crippen LogP contribution is -2.52. The number of ketones is 1. The highest BCUT2D eigenvalue weighted by molar-refractivity contribution is 7.91. The van der Waals surface area contributed by atoms with E-state index in [0.717, 1.165) is 19.3 Å². The Kier molecular flexibility index (Phi) is 10.8. The van der Waals surface area contributed by atoms with Crippen LogP contribution in [0.5, 0.6) is 0 Å². The van der Waals surface area contributed by atoms with Gasteiger partial charge in [0.1, 0.15) is 6.04 Å². The number of benzene rings is 1. The quantitative estimate of drug-likeness (QED) is 0.377. The van der Waals surface area contributed by atoms with Crippen LogP contribution < -0.4 is 14.8 Å². The van der Waals surface area contributed by atoms with E-state index in [4.69, 9.17) is 16.3 Å². The lowest BCUT2D eigenvalue weighted by Gasteiger charge is -2.29. The largest absolute Gasteiger partial charge is 0.449 e. The van der Waals surface area contributed by atoms with Gasteiger partial charge in [0.05, 0.1) is 23.8 Å². The molecule has 1 saturated heterocycles. The van der Waals surface area contributed by atoms with Crippen LogP contribution in [0.2, 0.25) is 5.02 Å². The molecular formula is C30H41ClN4O7S. The van der Waals surface area contributed by atoms with Crippen LogP contribution in [0.1, 0.15) is 71.6 Å². The standard InChI is InChI=1S/C30H41ClN4O7S/c1-20(2)19-42-29(39)32-24-10-7-5-3-4-6-9-21-17-30(21,18-26(36)25-11-8-16-35(25)27(24)37)28(38)34-43(40,41)33-23-14-12-22(31)13-15-23/h6,9,12-15,20-21,24-25,33H,3-5,7-8,10-11,16-19H2,1-2H3,(H,32,39)(H,34,38)/b9-6-/t21-,24+,25+,30-/m1/s1. The number of alkyl carbamates (subject to hydrolysis) is 1. The molecule has 0 aromatic heterocycles. The zero-order valence-electron chi connectivity index (χ0n) is 24.6. The first-order valence-corrected chi connectivity index (χ1v) is 16.8. The number of carbonyl (C=O) groups excluding carboxylic acids is 4. The van der Waals surface area contributed by atoms with Crippen LogP contribution in [-0.2, 0) is 29.3 Å². The normalized spacial score (nSPS) is 27.3. The minimum Gasteiger partial charge on any atom is -0.449 e. The van der Waals surface area contributed by atoms with E-state index >= 15 is 0 Å². The molecule has 3 amide bonds. The van der Waals surface area contributed by atoms with Gasteiger partial charge >= 0.3 is 16.3 Å². The lowest BCUT2D eigenvalue weighted by atomic mass is 9.91. The molecule has 1 saturated carbocycles. The van der Waals surface area contributed by atoms with Crippen molar-refractivity contribution in [3.05, 3.63) is 41.4 Å². The van der Waals surface area contributed by atoms with Crippen LogP contribution in [0.25, 0.3) is 0 Å². The number of anilines is 1. The molecule has 4 rings (SSSR count). The van der Waals surface area contributed by atoms with Gasteiger partial charge < -0.3 is 15.0 Å². The van der Waals surface area contributed by atoms with E-state index in [1.165, 1.54) is 29.2 Å². The van der Waals surface area contributed by atoms with Crippen LogP contribution in [0.15, 0.2) is 36.4 Å². The fraction of sp³-hybridized carbons (Fsp3) is 0.600. The van der Waals surface area contributed by atoms with Crippen LogP contribution >= 0.6 is 11.6 Å². The van der Waals surface area contributed by atoms with Gasteiger partial charge in [-0.15, -0.1) is 0 Å². The number of hydrogen-bond donors (Lipinski definition) is 3. The summed E-state index contributed by atoms with van der Waals surface area (Å²) in [7, 11) is -4.29. The van der Waals surface area contributed by atoms with E-state index in [2.05, 4.69) is 14.8 Å². The monoisotopic (exact) mass is 636 g/mol.